The van der Waals surface area contributed by atoms with Crippen LogP contribution in [0.4, 0.5) is 4.79 Å². The van der Waals surface area contributed by atoms with Crippen molar-refractivity contribution in [1.29, 1.82) is 0 Å². The standard InChI is InChI=1S/C16H22N6O4/c1-8-7-9(2)22-14(17-8)18-11(21-22)13(24)26-10(3)12(23)19-15(25)20-16(4,5)6/h7,10H,1-6H3,(H2,19,20,23,25). The number of imide groups is 1. The number of amides is 3. The van der Waals surface area contributed by atoms with Gasteiger partial charge in [-0.25, -0.2) is 19.1 Å². The second kappa shape index (κ2) is 7.06. The predicted molar refractivity (Wildman–Crippen MR) is 91.6 cm³/mol. The normalized spacial score (nSPS) is 12.5. The molecule has 140 valence electrons. The molecular formula is C16H22N6O4. The van der Waals surface area contributed by atoms with Gasteiger partial charge < -0.3 is 10.1 Å². The quantitative estimate of drug-likeness (QED) is 0.777. The molecule has 2 rings (SSSR count). The third-order valence-electron chi connectivity index (χ3n) is 3.18. The van der Waals surface area contributed by atoms with E-state index in [4.69, 9.17) is 4.74 Å². The average Bonchev–Trinajstić information content (AvgIpc) is 2.89. The average molecular weight is 362 g/mol. The van der Waals surface area contributed by atoms with Crippen LogP contribution in [0.3, 0.4) is 0 Å². The number of hydrogen-bond donors (Lipinski definition) is 2. The number of carbonyl (C=O) groups is 3. The van der Waals surface area contributed by atoms with E-state index in [0.29, 0.717) is 0 Å². The van der Waals surface area contributed by atoms with Crippen LogP contribution >= 0.6 is 0 Å². The second-order valence-electron chi connectivity index (χ2n) is 6.93. The smallest absolute Gasteiger partial charge is 0.379 e. The Labute approximate surface area is 150 Å². The molecule has 0 fully saturated rings. The van der Waals surface area contributed by atoms with E-state index in [-0.39, 0.29) is 11.6 Å². The van der Waals surface area contributed by atoms with Crippen molar-refractivity contribution in [3.63, 3.8) is 0 Å². The van der Waals surface area contributed by atoms with Crippen molar-refractivity contribution < 1.29 is 19.1 Å². The molecule has 10 nitrogen and oxygen atoms in total. The fourth-order valence-electron chi connectivity index (χ4n) is 2.10. The highest BCUT2D eigenvalue weighted by molar-refractivity contribution is 5.98. The van der Waals surface area contributed by atoms with E-state index in [9.17, 15) is 14.4 Å². The molecule has 0 saturated heterocycles. The van der Waals surface area contributed by atoms with Crippen LogP contribution in [0.1, 0.15) is 49.7 Å². The molecule has 0 radical (unpaired) electrons. The molecule has 0 aliphatic heterocycles. The molecule has 1 atom stereocenters. The van der Waals surface area contributed by atoms with Crippen molar-refractivity contribution >= 4 is 23.7 Å². The Morgan fingerprint density at radius 2 is 1.85 bits per heavy atom. The summed E-state index contributed by atoms with van der Waals surface area (Å²) in [5, 5.41) is 8.72. The Balaban J connectivity index is 2.03. The highest BCUT2D eigenvalue weighted by Crippen LogP contribution is 2.07. The molecule has 1 unspecified atom stereocenters. The van der Waals surface area contributed by atoms with Gasteiger partial charge in [0.2, 0.25) is 0 Å². The fraction of sp³-hybridized carbons (Fsp3) is 0.500. The van der Waals surface area contributed by atoms with Gasteiger partial charge in [0.1, 0.15) is 0 Å². The Morgan fingerprint density at radius 1 is 1.19 bits per heavy atom. The van der Waals surface area contributed by atoms with E-state index in [1.54, 1.807) is 40.7 Å². The van der Waals surface area contributed by atoms with Crippen molar-refractivity contribution in [3.05, 3.63) is 23.3 Å². The zero-order chi connectivity index (χ0) is 19.6. The molecule has 0 saturated carbocycles. The van der Waals surface area contributed by atoms with Crippen LogP contribution in [0.5, 0.6) is 0 Å². The lowest BCUT2D eigenvalue weighted by molar-refractivity contribution is -0.128. The van der Waals surface area contributed by atoms with E-state index in [0.717, 1.165) is 11.4 Å². The molecule has 10 heteroatoms. The largest absolute Gasteiger partial charge is 0.447 e. The van der Waals surface area contributed by atoms with Crippen LogP contribution in [0, 0.1) is 13.8 Å². The minimum absolute atomic E-state index is 0.218. The summed E-state index contributed by atoms with van der Waals surface area (Å²) in [4.78, 5) is 44.0. The number of nitrogens with one attached hydrogen (secondary N) is 2. The first-order valence-electron chi connectivity index (χ1n) is 8.01. The first-order valence-corrected chi connectivity index (χ1v) is 8.01. The first kappa shape index (κ1) is 19.3. The van der Waals surface area contributed by atoms with E-state index in [1.807, 2.05) is 0 Å². The number of hydrogen-bond acceptors (Lipinski definition) is 7. The topological polar surface area (TPSA) is 128 Å². The lowest BCUT2D eigenvalue weighted by Gasteiger charge is -2.21. The van der Waals surface area contributed by atoms with Gasteiger partial charge in [-0.05, 0) is 47.6 Å². The van der Waals surface area contributed by atoms with Gasteiger partial charge in [-0.15, -0.1) is 5.10 Å². The Morgan fingerprint density at radius 3 is 2.46 bits per heavy atom. The molecule has 0 spiro atoms. The molecule has 2 aromatic rings. The summed E-state index contributed by atoms with van der Waals surface area (Å²) in [7, 11) is 0. The van der Waals surface area contributed by atoms with Gasteiger partial charge >= 0.3 is 12.0 Å². The first-order chi connectivity index (χ1) is 12.0. The Kier molecular flexibility index (Phi) is 5.24. The van der Waals surface area contributed by atoms with Crippen molar-refractivity contribution in [2.75, 3.05) is 0 Å². The molecule has 3 amide bonds. The van der Waals surface area contributed by atoms with Crippen molar-refractivity contribution in [2.45, 2.75) is 53.2 Å². The minimum Gasteiger partial charge on any atom is -0.447 e. The molecule has 2 aromatic heterocycles. The van der Waals surface area contributed by atoms with Gasteiger partial charge in [-0.2, -0.15) is 4.98 Å². The molecule has 0 aromatic carbocycles. The van der Waals surface area contributed by atoms with Gasteiger partial charge in [-0.3, -0.25) is 10.1 Å². The maximum atomic E-state index is 12.2. The van der Waals surface area contributed by atoms with Crippen molar-refractivity contribution in [1.82, 2.24) is 30.2 Å². The summed E-state index contributed by atoms with van der Waals surface area (Å²) in [6.07, 6.45) is -1.20. The monoisotopic (exact) mass is 362 g/mol. The lowest BCUT2D eigenvalue weighted by atomic mass is 10.1. The van der Waals surface area contributed by atoms with Gasteiger partial charge in [0.05, 0.1) is 0 Å². The number of carbonyl (C=O) groups excluding carboxylic acids is 3. The summed E-state index contributed by atoms with van der Waals surface area (Å²) < 4.78 is 6.44. The highest BCUT2D eigenvalue weighted by atomic mass is 16.5. The number of esters is 1. The lowest BCUT2D eigenvalue weighted by Crippen LogP contribution is -2.50. The summed E-state index contributed by atoms with van der Waals surface area (Å²) in [5.74, 6) is -1.60. The van der Waals surface area contributed by atoms with E-state index >= 15 is 0 Å². The highest BCUT2D eigenvalue weighted by Gasteiger charge is 2.25. The van der Waals surface area contributed by atoms with Crippen LogP contribution in [0.15, 0.2) is 6.07 Å². The van der Waals surface area contributed by atoms with Crippen LogP contribution in [0.2, 0.25) is 0 Å². The van der Waals surface area contributed by atoms with Crippen LogP contribution in [-0.2, 0) is 9.53 Å². The third kappa shape index (κ3) is 4.74. The third-order valence-corrected chi connectivity index (χ3v) is 3.18. The molecule has 26 heavy (non-hydrogen) atoms. The van der Waals surface area contributed by atoms with Gasteiger partial charge in [0, 0.05) is 16.9 Å². The molecule has 0 aliphatic rings. The van der Waals surface area contributed by atoms with Crippen molar-refractivity contribution in [2.24, 2.45) is 0 Å². The fourth-order valence-corrected chi connectivity index (χ4v) is 2.10. The Hall–Kier alpha value is -3.04. The zero-order valence-electron chi connectivity index (χ0n) is 15.6. The van der Waals surface area contributed by atoms with Crippen LogP contribution in [0.25, 0.3) is 5.78 Å². The maximum absolute atomic E-state index is 12.2. The van der Waals surface area contributed by atoms with Crippen LogP contribution in [-0.4, -0.2) is 49.1 Å². The predicted octanol–water partition coefficient (Wildman–Crippen LogP) is 0.911. The number of rotatable bonds is 3. The summed E-state index contributed by atoms with van der Waals surface area (Å²) in [5.41, 5.74) is 0.983. The zero-order valence-corrected chi connectivity index (χ0v) is 15.6. The molecule has 0 aliphatic carbocycles. The number of fused-ring (bicyclic) bond motifs is 1. The van der Waals surface area contributed by atoms with Gasteiger partial charge in [0.15, 0.2) is 6.10 Å². The summed E-state index contributed by atoms with van der Waals surface area (Å²) >= 11 is 0. The minimum atomic E-state index is -1.20. The molecule has 0 bridgehead atoms. The number of urea groups is 1. The number of aromatic nitrogens is 4. The van der Waals surface area contributed by atoms with E-state index < -0.39 is 29.6 Å². The number of nitrogens with zero attached hydrogens (tertiary/aromatic N) is 4. The SMILES string of the molecule is Cc1cc(C)n2nc(C(=O)OC(C)C(=O)NC(=O)NC(C)(C)C)nc2n1. The second-order valence-corrected chi connectivity index (χ2v) is 6.93. The molecule has 2 N–H and O–H groups in total. The van der Waals surface area contributed by atoms with Crippen molar-refractivity contribution in [3.8, 4) is 0 Å². The van der Waals surface area contributed by atoms with Gasteiger partial charge in [0.25, 0.3) is 17.5 Å². The molecule has 2 heterocycles. The van der Waals surface area contributed by atoms with Gasteiger partial charge in [-0.1, -0.05) is 0 Å². The Bertz CT molecular complexity index is 867. The van der Waals surface area contributed by atoms with Crippen LogP contribution < -0.4 is 10.6 Å². The number of ether oxygens (including phenoxy) is 1. The van der Waals surface area contributed by atoms with E-state index in [2.05, 4.69) is 25.7 Å². The van der Waals surface area contributed by atoms with E-state index in [1.165, 1.54) is 11.4 Å². The summed E-state index contributed by atoms with van der Waals surface area (Å²) in [6.45, 7) is 10.3. The summed E-state index contributed by atoms with van der Waals surface area (Å²) in [6, 6.07) is 1.12. The molecular weight excluding hydrogens is 340 g/mol. The maximum Gasteiger partial charge on any atom is 0.379 e. The number of aryl methyl sites for hydroxylation is 2.